The third-order valence-corrected chi connectivity index (χ3v) is 1.69. The molecular formula is C9H16O2. The van der Waals surface area contributed by atoms with Crippen LogP contribution in [0.5, 0.6) is 0 Å². The molecule has 0 saturated carbocycles. The Balaban J connectivity index is 3.36. The van der Waals surface area contributed by atoms with Gasteiger partial charge in [-0.05, 0) is 12.3 Å². The van der Waals surface area contributed by atoms with Crippen molar-refractivity contribution in [3.8, 4) is 0 Å². The van der Waals surface area contributed by atoms with Gasteiger partial charge in [-0.1, -0.05) is 32.4 Å². The van der Waals surface area contributed by atoms with Crippen LogP contribution in [0.25, 0.3) is 0 Å². The SMILES string of the molecule is CCC(C)C/C=C\CC(=O)O. The maximum Gasteiger partial charge on any atom is 0.307 e. The molecule has 0 spiro atoms. The third-order valence-electron chi connectivity index (χ3n) is 1.69. The highest BCUT2D eigenvalue weighted by Gasteiger charge is 1.94. The van der Waals surface area contributed by atoms with Crippen LogP contribution < -0.4 is 0 Å². The number of carboxylic acids is 1. The summed E-state index contributed by atoms with van der Waals surface area (Å²) < 4.78 is 0. The van der Waals surface area contributed by atoms with Gasteiger partial charge in [0.2, 0.25) is 0 Å². The highest BCUT2D eigenvalue weighted by molar-refractivity contribution is 5.68. The van der Waals surface area contributed by atoms with Crippen molar-refractivity contribution < 1.29 is 9.90 Å². The zero-order valence-corrected chi connectivity index (χ0v) is 7.21. The fourth-order valence-electron chi connectivity index (χ4n) is 0.679. The van der Waals surface area contributed by atoms with Crippen molar-refractivity contribution in [3.63, 3.8) is 0 Å². The number of carboxylic acid groups (broad SMARTS) is 1. The molecule has 0 aliphatic rings. The molecule has 0 aromatic heterocycles. The van der Waals surface area contributed by atoms with Crippen molar-refractivity contribution in [3.05, 3.63) is 12.2 Å². The van der Waals surface area contributed by atoms with Crippen molar-refractivity contribution in [2.75, 3.05) is 0 Å². The molecule has 0 radical (unpaired) electrons. The topological polar surface area (TPSA) is 37.3 Å². The molecule has 11 heavy (non-hydrogen) atoms. The van der Waals surface area contributed by atoms with E-state index in [4.69, 9.17) is 5.11 Å². The summed E-state index contributed by atoms with van der Waals surface area (Å²) >= 11 is 0. The van der Waals surface area contributed by atoms with Gasteiger partial charge in [-0.25, -0.2) is 0 Å². The monoisotopic (exact) mass is 156 g/mol. The van der Waals surface area contributed by atoms with Crippen LogP contribution in [-0.4, -0.2) is 11.1 Å². The Hall–Kier alpha value is -0.790. The molecule has 0 fully saturated rings. The van der Waals surface area contributed by atoms with E-state index in [1.807, 2.05) is 6.08 Å². The lowest BCUT2D eigenvalue weighted by molar-refractivity contribution is -0.136. The number of carbonyl (C=O) groups is 1. The number of hydrogen-bond acceptors (Lipinski definition) is 1. The minimum atomic E-state index is -0.759. The lowest BCUT2D eigenvalue weighted by Crippen LogP contribution is -1.91. The van der Waals surface area contributed by atoms with Gasteiger partial charge < -0.3 is 5.11 Å². The van der Waals surface area contributed by atoms with E-state index in [2.05, 4.69) is 13.8 Å². The summed E-state index contributed by atoms with van der Waals surface area (Å²) in [4.78, 5) is 10.1. The Kier molecular flexibility index (Phi) is 5.53. The van der Waals surface area contributed by atoms with Gasteiger partial charge in [0.25, 0.3) is 0 Å². The Labute approximate surface area is 67.9 Å². The van der Waals surface area contributed by atoms with Gasteiger partial charge in [0.15, 0.2) is 0 Å². The molecule has 1 atom stereocenters. The van der Waals surface area contributed by atoms with E-state index in [-0.39, 0.29) is 6.42 Å². The predicted molar refractivity (Wildman–Crippen MR) is 45.5 cm³/mol. The largest absolute Gasteiger partial charge is 0.481 e. The molecule has 0 aliphatic carbocycles. The molecule has 0 bridgehead atoms. The Morgan fingerprint density at radius 1 is 1.55 bits per heavy atom. The molecule has 0 amide bonds. The zero-order valence-electron chi connectivity index (χ0n) is 7.21. The van der Waals surface area contributed by atoms with Crippen molar-refractivity contribution in [2.45, 2.75) is 33.1 Å². The van der Waals surface area contributed by atoms with Gasteiger partial charge in [0.05, 0.1) is 6.42 Å². The maximum absolute atomic E-state index is 10.1. The number of rotatable bonds is 5. The first-order valence-electron chi connectivity index (χ1n) is 4.03. The summed E-state index contributed by atoms with van der Waals surface area (Å²) in [5, 5.41) is 8.28. The Morgan fingerprint density at radius 2 is 2.18 bits per heavy atom. The van der Waals surface area contributed by atoms with Gasteiger partial charge in [0.1, 0.15) is 0 Å². The van der Waals surface area contributed by atoms with Crippen LogP contribution in [0.2, 0.25) is 0 Å². The van der Waals surface area contributed by atoms with E-state index in [0.29, 0.717) is 5.92 Å². The van der Waals surface area contributed by atoms with E-state index in [1.54, 1.807) is 6.08 Å². The third kappa shape index (κ3) is 7.10. The van der Waals surface area contributed by atoms with E-state index in [0.717, 1.165) is 12.8 Å². The molecular weight excluding hydrogens is 140 g/mol. The molecule has 2 nitrogen and oxygen atoms in total. The fraction of sp³-hybridized carbons (Fsp3) is 0.667. The minimum Gasteiger partial charge on any atom is -0.481 e. The maximum atomic E-state index is 10.1. The molecule has 2 heteroatoms. The Bertz CT molecular complexity index is 138. The lowest BCUT2D eigenvalue weighted by atomic mass is 10.1. The molecule has 0 aromatic rings. The van der Waals surface area contributed by atoms with Crippen molar-refractivity contribution in [1.82, 2.24) is 0 Å². The molecule has 0 heterocycles. The van der Waals surface area contributed by atoms with Gasteiger partial charge >= 0.3 is 5.97 Å². The summed E-state index contributed by atoms with van der Waals surface area (Å²) in [6.07, 6.45) is 5.95. The second kappa shape index (κ2) is 5.96. The summed E-state index contributed by atoms with van der Waals surface area (Å²) in [7, 11) is 0. The van der Waals surface area contributed by atoms with Gasteiger partial charge in [0, 0.05) is 0 Å². The number of allylic oxidation sites excluding steroid dienone is 1. The van der Waals surface area contributed by atoms with Crippen LogP contribution in [0, 0.1) is 5.92 Å². The van der Waals surface area contributed by atoms with E-state index in [1.165, 1.54) is 0 Å². The van der Waals surface area contributed by atoms with Crippen LogP contribution >= 0.6 is 0 Å². The van der Waals surface area contributed by atoms with Crippen LogP contribution in [0.15, 0.2) is 12.2 Å². The highest BCUT2D eigenvalue weighted by Crippen LogP contribution is 2.06. The Morgan fingerprint density at radius 3 is 2.64 bits per heavy atom. The normalized spacial score (nSPS) is 13.6. The van der Waals surface area contributed by atoms with Gasteiger partial charge in [-0.3, -0.25) is 4.79 Å². The first kappa shape index (κ1) is 10.2. The van der Waals surface area contributed by atoms with E-state index in [9.17, 15) is 4.79 Å². The lowest BCUT2D eigenvalue weighted by Gasteiger charge is -2.01. The molecule has 1 unspecified atom stereocenters. The minimum absolute atomic E-state index is 0.149. The van der Waals surface area contributed by atoms with Crippen molar-refractivity contribution in [1.29, 1.82) is 0 Å². The zero-order chi connectivity index (χ0) is 8.69. The van der Waals surface area contributed by atoms with Crippen LogP contribution in [0.1, 0.15) is 33.1 Å². The second-order valence-electron chi connectivity index (χ2n) is 2.82. The molecule has 1 N–H and O–H groups in total. The van der Waals surface area contributed by atoms with Crippen LogP contribution in [0.3, 0.4) is 0 Å². The summed E-state index contributed by atoms with van der Waals surface area (Å²) in [5.41, 5.74) is 0. The summed E-state index contributed by atoms with van der Waals surface area (Å²) in [6.45, 7) is 4.29. The van der Waals surface area contributed by atoms with Crippen LogP contribution in [0.4, 0.5) is 0 Å². The van der Waals surface area contributed by atoms with Crippen molar-refractivity contribution in [2.24, 2.45) is 5.92 Å². The van der Waals surface area contributed by atoms with Crippen molar-refractivity contribution >= 4 is 5.97 Å². The summed E-state index contributed by atoms with van der Waals surface area (Å²) in [6, 6.07) is 0. The standard InChI is InChI=1S/C9H16O2/c1-3-8(2)6-4-5-7-9(10)11/h4-5,8H,3,6-7H2,1-2H3,(H,10,11)/b5-4-. The quantitative estimate of drug-likeness (QED) is 0.621. The van der Waals surface area contributed by atoms with Gasteiger partial charge in [-0.2, -0.15) is 0 Å². The highest BCUT2D eigenvalue weighted by atomic mass is 16.4. The summed E-state index contributed by atoms with van der Waals surface area (Å²) in [5.74, 6) is -0.0922. The average Bonchev–Trinajstić information content (AvgIpc) is 1.97. The molecule has 64 valence electrons. The predicted octanol–water partition coefficient (Wildman–Crippen LogP) is 2.45. The molecule has 0 aliphatic heterocycles. The van der Waals surface area contributed by atoms with Crippen LogP contribution in [-0.2, 0) is 4.79 Å². The molecule has 0 aromatic carbocycles. The van der Waals surface area contributed by atoms with Gasteiger partial charge in [-0.15, -0.1) is 0 Å². The first-order chi connectivity index (χ1) is 5.16. The van der Waals surface area contributed by atoms with E-state index < -0.39 is 5.97 Å². The second-order valence-corrected chi connectivity index (χ2v) is 2.82. The number of hydrogen-bond donors (Lipinski definition) is 1. The number of aliphatic carboxylic acids is 1. The smallest absolute Gasteiger partial charge is 0.307 e. The first-order valence-corrected chi connectivity index (χ1v) is 4.03. The molecule has 0 saturated heterocycles. The average molecular weight is 156 g/mol. The van der Waals surface area contributed by atoms with E-state index >= 15 is 0 Å². The molecule has 0 rings (SSSR count). The fourth-order valence-corrected chi connectivity index (χ4v) is 0.679.